The lowest BCUT2D eigenvalue weighted by Gasteiger charge is -2.02. The van der Waals surface area contributed by atoms with Crippen LogP contribution in [0.3, 0.4) is 0 Å². The van der Waals surface area contributed by atoms with Gasteiger partial charge in [-0.1, -0.05) is 0 Å². The fourth-order valence-corrected chi connectivity index (χ4v) is 2.40. The second kappa shape index (κ2) is 4.64. The molecule has 0 heterocycles. The maximum atomic E-state index is 13.3. The fourth-order valence-electron chi connectivity index (χ4n) is 0.843. The highest BCUT2D eigenvalue weighted by Crippen LogP contribution is 2.32. The molecule has 0 aliphatic heterocycles. The number of nitriles is 1. The molecular weight excluding hydrogens is 366 g/mol. The summed E-state index contributed by atoms with van der Waals surface area (Å²) in [6, 6.07) is 3.09. The van der Waals surface area contributed by atoms with Gasteiger partial charge in [-0.15, -0.1) is 0 Å². The molecule has 6 heteroatoms. The first-order valence-corrected chi connectivity index (χ1v) is 5.14. The van der Waals surface area contributed by atoms with Gasteiger partial charge in [0.25, 0.3) is 0 Å². The topological polar surface area (TPSA) is 53.2 Å². The van der Waals surface area contributed by atoms with E-state index in [0.29, 0.717) is 3.57 Å². The van der Waals surface area contributed by atoms with Crippen LogP contribution in [0.2, 0.25) is 0 Å². The van der Waals surface area contributed by atoms with E-state index in [1.54, 1.807) is 6.07 Å². The van der Waals surface area contributed by atoms with Crippen LogP contribution < -0.4 is 0 Å². The molecule has 0 atom stereocenters. The van der Waals surface area contributed by atoms with E-state index in [1.807, 2.05) is 22.6 Å². The predicted molar refractivity (Wildman–Crippen MR) is 59.3 cm³/mol. The maximum Gasteiger partial charge on any atom is 0.240 e. The van der Waals surface area contributed by atoms with Gasteiger partial charge < -0.3 is 0 Å². The Bertz CT molecular complexity index is 477. The molecule has 0 N–H and O–H groups in total. The summed E-state index contributed by atoms with van der Waals surface area (Å²) in [5.41, 5.74) is -0.240. The van der Waals surface area contributed by atoms with E-state index in [4.69, 9.17) is 5.26 Å². The number of carbonyl (C=O) groups excluding carboxylic acids is 1. The largest absolute Gasteiger partial charge is 0.240 e. The van der Waals surface area contributed by atoms with Gasteiger partial charge in [0.05, 0.1) is 4.47 Å². The van der Waals surface area contributed by atoms with Crippen LogP contribution in [-0.2, 0) is 4.79 Å². The smallest absolute Gasteiger partial charge is 0.211 e. The van der Waals surface area contributed by atoms with E-state index < -0.39 is 5.82 Å². The quantitative estimate of drug-likeness (QED) is 0.332. The van der Waals surface area contributed by atoms with Crippen LogP contribution in [0, 0.1) is 20.7 Å². The number of hydrogen-bond donors (Lipinski definition) is 0. The summed E-state index contributed by atoms with van der Waals surface area (Å²) in [7, 11) is 0. The van der Waals surface area contributed by atoms with Crippen LogP contribution in [0.25, 0.3) is 0 Å². The fraction of sp³-hybridized carbons (Fsp3) is 0. The molecule has 14 heavy (non-hydrogen) atoms. The first kappa shape index (κ1) is 11.3. The second-order valence-electron chi connectivity index (χ2n) is 2.19. The third-order valence-electron chi connectivity index (χ3n) is 1.41. The molecule has 0 spiro atoms. The Morgan fingerprint density at radius 3 is 2.79 bits per heavy atom. The molecule has 1 aromatic rings. The zero-order valence-corrected chi connectivity index (χ0v) is 10.3. The van der Waals surface area contributed by atoms with Gasteiger partial charge in [-0.05, 0) is 44.6 Å². The normalized spacial score (nSPS) is 9.00. The van der Waals surface area contributed by atoms with E-state index in [9.17, 15) is 9.18 Å². The van der Waals surface area contributed by atoms with Crippen molar-refractivity contribution in [1.82, 2.24) is 0 Å². The van der Waals surface area contributed by atoms with Gasteiger partial charge in [-0.2, -0.15) is 10.3 Å². The standard InChI is InChI=1S/C8HBrFIN2O/c9-5-1-6(11)8(13-3-14)4(2-12)7(5)10/h1H. The summed E-state index contributed by atoms with van der Waals surface area (Å²) in [5, 5.41) is 8.67. The summed E-state index contributed by atoms with van der Waals surface area (Å²) < 4.78 is 14.0. The number of aliphatic imine (C=N–C) groups is 1. The van der Waals surface area contributed by atoms with Gasteiger partial charge in [0.2, 0.25) is 6.08 Å². The molecule has 1 aromatic carbocycles. The van der Waals surface area contributed by atoms with Gasteiger partial charge in [-0.3, -0.25) is 0 Å². The van der Waals surface area contributed by atoms with Crippen molar-refractivity contribution in [3.63, 3.8) is 0 Å². The molecule has 70 valence electrons. The Hall–Kier alpha value is -0.770. The number of rotatable bonds is 1. The predicted octanol–water partition coefficient (Wildman–Crippen LogP) is 3.03. The average molecular weight is 367 g/mol. The van der Waals surface area contributed by atoms with E-state index in [2.05, 4.69) is 20.9 Å². The number of halogens is 3. The molecule has 0 unspecified atom stereocenters. The summed E-state index contributed by atoms with van der Waals surface area (Å²) in [4.78, 5) is 13.3. The van der Waals surface area contributed by atoms with Crippen molar-refractivity contribution in [2.75, 3.05) is 0 Å². The van der Waals surface area contributed by atoms with E-state index >= 15 is 0 Å². The Morgan fingerprint density at radius 2 is 2.29 bits per heavy atom. The summed E-state index contributed by atoms with van der Waals surface area (Å²) >= 11 is 4.81. The lowest BCUT2D eigenvalue weighted by molar-refractivity contribution is 0.565. The molecule has 3 nitrogen and oxygen atoms in total. The summed E-state index contributed by atoms with van der Waals surface area (Å²) in [6.07, 6.45) is 1.28. The third kappa shape index (κ3) is 2.00. The minimum Gasteiger partial charge on any atom is -0.211 e. The SMILES string of the molecule is N#Cc1c(F)c(Br)cc(I)c1N=C=O. The highest BCUT2D eigenvalue weighted by atomic mass is 127. The Kier molecular flexibility index (Phi) is 3.75. The van der Waals surface area contributed by atoms with E-state index in [1.165, 1.54) is 12.1 Å². The number of nitrogens with zero attached hydrogens (tertiary/aromatic N) is 2. The van der Waals surface area contributed by atoms with Crippen LogP contribution >= 0.6 is 38.5 Å². The molecule has 0 aliphatic carbocycles. The van der Waals surface area contributed by atoms with Crippen molar-refractivity contribution in [1.29, 1.82) is 5.26 Å². The molecule has 0 bridgehead atoms. The molecule has 0 radical (unpaired) electrons. The zero-order valence-electron chi connectivity index (χ0n) is 6.51. The lowest BCUT2D eigenvalue weighted by atomic mass is 10.2. The summed E-state index contributed by atoms with van der Waals surface area (Å²) in [5.74, 6) is -0.720. The van der Waals surface area contributed by atoms with Crippen molar-refractivity contribution >= 4 is 50.3 Å². The highest BCUT2D eigenvalue weighted by molar-refractivity contribution is 14.1. The van der Waals surface area contributed by atoms with E-state index in [0.717, 1.165) is 0 Å². The Morgan fingerprint density at radius 1 is 1.64 bits per heavy atom. The zero-order chi connectivity index (χ0) is 10.7. The van der Waals surface area contributed by atoms with Crippen molar-refractivity contribution in [3.8, 4) is 6.07 Å². The van der Waals surface area contributed by atoms with Crippen LogP contribution in [0.15, 0.2) is 15.5 Å². The maximum absolute atomic E-state index is 13.3. The first-order valence-electron chi connectivity index (χ1n) is 3.27. The molecule has 0 aromatic heterocycles. The van der Waals surface area contributed by atoms with Gasteiger partial charge in [0, 0.05) is 3.57 Å². The molecule has 0 saturated heterocycles. The summed E-state index contributed by atoms with van der Waals surface area (Å²) in [6.45, 7) is 0. The van der Waals surface area contributed by atoms with E-state index in [-0.39, 0.29) is 15.7 Å². The van der Waals surface area contributed by atoms with Crippen molar-refractivity contribution in [2.24, 2.45) is 4.99 Å². The van der Waals surface area contributed by atoms with Gasteiger partial charge in [0.15, 0.2) is 5.82 Å². The number of isocyanates is 1. The number of benzene rings is 1. The number of hydrogen-bond acceptors (Lipinski definition) is 3. The highest BCUT2D eigenvalue weighted by Gasteiger charge is 2.15. The van der Waals surface area contributed by atoms with Gasteiger partial charge in [0.1, 0.15) is 17.3 Å². The molecule has 0 aliphatic rings. The molecule has 1 rings (SSSR count). The van der Waals surface area contributed by atoms with Crippen LogP contribution in [0.1, 0.15) is 5.56 Å². The Labute approximate surface area is 101 Å². The van der Waals surface area contributed by atoms with Gasteiger partial charge >= 0.3 is 0 Å². The Balaban J connectivity index is 3.65. The molecule has 0 fully saturated rings. The van der Waals surface area contributed by atoms with Crippen LogP contribution in [0.4, 0.5) is 10.1 Å². The van der Waals surface area contributed by atoms with Crippen molar-refractivity contribution in [2.45, 2.75) is 0 Å². The molecular formula is C8HBrFIN2O. The van der Waals surface area contributed by atoms with Crippen molar-refractivity contribution in [3.05, 3.63) is 25.5 Å². The monoisotopic (exact) mass is 366 g/mol. The third-order valence-corrected chi connectivity index (χ3v) is 2.81. The second-order valence-corrected chi connectivity index (χ2v) is 4.21. The first-order chi connectivity index (χ1) is 6.61. The minimum atomic E-state index is -0.720. The van der Waals surface area contributed by atoms with Gasteiger partial charge in [-0.25, -0.2) is 9.18 Å². The molecule has 0 amide bonds. The molecule has 0 saturated carbocycles. The van der Waals surface area contributed by atoms with Crippen molar-refractivity contribution < 1.29 is 9.18 Å². The van der Waals surface area contributed by atoms with Crippen LogP contribution in [0.5, 0.6) is 0 Å². The average Bonchev–Trinajstić information content (AvgIpc) is 2.15. The minimum absolute atomic E-state index is 0.0174. The van der Waals surface area contributed by atoms with Crippen LogP contribution in [-0.4, -0.2) is 6.08 Å². The lowest BCUT2D eigenvalue weighted by Crippen LogP contribution is -1.89.